The van der Waals surface area contributed by atoms with Crippen molar-refractivity contribution in [3.63, 3.8) is 0 Å². The van der Waals surface area contributed by atoms with Gasteiger partial charge in [0, 0.05) is 24.3 Å². The highest BCUT2D eigenvalue weighted by Crippen LogP contribution is 2.11. The van der Waals surface area contributed by atoms with E-state index in [9.17, 15) is 9.59 Å². The van der Waals surface area contributed by atoms with Gasteiger partial charge in [-0.1, -0.05) is 0 Å². The molecule has 18 heavy (non-hydrogen) atoms. The van der Waals surface area contributed by atoms with E-state index in [0.29, 0.717) is 17.7 Å². The van der Waals surface area contributed by atoms with E-state index in [1.165, 1.54) is 0 Å². The van der Waals surface area contributed by atoms with Gasteiger partial charge in [-0.25, -0.2) is 0 Å². The minimum Gasteiger partial charge on any atom is -0.376 e. The molecule has 0 aliphatic carbocycles. The van der Waals surface area contributed by atoms with Crippen molar-refractivity contribution in [2.24, 2.45) is 5.73 Å². The summed E-state index contributed by atoms with van der Waals surface area (Å²) >= 11 is 0. The highest BCUT2D eigenvalue weighted by molar-refractivity contribution is 5.97. The van der Waals surface area contributed by atoms with Crippen LogP contribution in [0.2, 0.25) is 0 Å². The molecule has 96 valence electrons. The number of hydrogen-bond acceptors (Lipinski definition) is 3. The molecule has 0 aromatic heterocycles. The van der Waals surface area contributed by atoms with Gasteiger partial charge < -0.3 is 15.8 Å². The van der Waals surface area contributed by atoms with Crippen molar-refractivity contribution in [2.45, 2.75) is 18.9 Å². The van der Waals surface area contributed by atoms with E-state index in [-0.39, 0.29) is 12.0 Å². The molecule has 1 heterocycles. The van der Waals surface area contributed by atoms with Gasteiger partial charge in [0.15, 0.2) is 0 Å². The molecule has 1 aliphatic heterocycles. The largest absolute Gasteiger partial charge is 0.376 e. The predicted molar refractivity (Wildman–Crippen MR) is 66.3 cm³/mol. The second-order valence-electron chi connectivity index (χ2n) is 4.29. The van der Waals surface area contributed by atoms with E-state index in [2.05, 4.69) is 5.32 Å². The molecule has 5 heteroatoms. The topological polar surface area (TPSA) is 81.4 Å². The summed E-state index contributed by atoms with van der Waals surface area (Å²) in [6, 6.07) is 6.27. The van der Waals surface area contributed by atoms with E-state index in [4.69, 9.17) is 10.5 Å². The normalized spacial score (nSPS) is 18.6. The summed E-state index contributed by atoms with van der Waals surface area (Å²) in [4.78, 5) is 22.7. The Morgan fingerprint density at radius 2 is 1.94 bits per heavy atom. The van der Waals surface area contributed by atoms with Crippen molar-refractivity contribution in [1.29, 1.82) is 0 Å². The van der Waals surface area contributed by atoms with Crippen molar-refractivity contribution in [3.05, 3.63) is 35.4 Å². The highest BCUT2D eigenvalue weighted by atomic mass is 16.5. The molecule has 3 N–H and O–H groups in total. The zero-order valence-corrected chi connectivity index (χ0v) is 10.0. The molecule has 0 spiro atoms. The van der Waals surface area contributed by atoms with Gasteiger partial charge in [-0.3, -0.25) is 9.59 Å². The Labute approximate surface area is 105 Å². The average Bonchev–Trinajstić information content (AvgIpc) is 2.89. The number of benzene rings is 1. The molecule has 0 radical (unpaired) electrons. The summed E-state index contributed by atoms with van der Waals surface area (Å²) in [6.07, 6.45) is 2.16. The van der Waals surface area contributed by atoms with Gasteiger partial charge >= 0.3 is 0 Å². The number of primary amides is 1. The lowest BCUT2D eigenvalue weighted by molar-refractivity contribution is 0.0857. The van der Waals surface area contributed by atoms with Gasteiger partial charge in [-0.15, -0.1) is 0 Å². The third-order valence-electron chi connectivity index (χ3n) is 2.95. The molecule has 0 unspecified atom stereocenters. The molecular formula is C13H16N2O3. The summed E-state index contributed by atoms with van der Waals surface area (Å²) in [7, 11) is 0. The third-order valence-corrected chi connectivity index (χ3v) is 2.95. The molecule has 1 aromatic rings. The first kappa shape index (κ1) is 12.6. The Morgan fingerprint density at radius 1 is 1.28 bits per heavy atom. The van der Waals surface area contributed by atoms with Gasteiger partial charge in [0.2, 0.25) is 5.91 Å². The Kier molecular flexibility index (Phi) is 3.94. The van der Waals surface area contributed by atoms with Crippen LogP contribution in [-0.4, -0.2) is 31.1 Å². The molecule has 1 saturated heterocycles. The minimum absolute atomic E-state index is 0.124. The van der Waals surface area contributed by atoms with Gasteiger partial charge in [-0.2, -0.15) is 0 Å². The summed E-state index contributed by atoms with van der Waals surface area (Å²) in [5.74, 6) is -0.664. The third kappa shape index (κ3) is 3.07. The fourth-order valence-corrected chi connectivity index (χ4v) is 1.90. The average molecular weight is 248 g/mol. The zero-order valence-electron chi connectivity index (χ0n) is 10.0. The van der Waals surface area contributed by atoms with Crippen LogP contribution in [0.5, 0.6) is 0 Å². The number of nitrogens with one attached hydrogen (secondary N) is 1. The molecule has 2 amide bonds. The van der Waals surface area contributed by atoms with E-state index in [1.807, 2.05) is 0 Å². The first-order valence-corrected chi connectivity index (χ1v) is 5.96. The SMILES string of the molecule is NC(=O)c1ccc(C(=O)NC[C@H]2CCCO2)cc1. The maximum absolute atomic E-state index is 11.8. The molecular weight excluding hydrogens is 232 g/mol. The molecule has 0 saturated carbocycles. The number of carbonyl (C=O) groups is 2. The van der Waals surface area contributed by atoms with E-state index in [1.54, 1.807) is 24.3 Å². The maximum atomic E-state index is 11.8. The van der Waals surface area contributed by atoms with Crippen LogP contribution in [0.15, 0.2) is 24.3 Å². The summed E-state index contributed by atoms with van der Waals surface area (Å²) in [6.45, 7) is 1.30. The Bertz CT molecular complexity index is 436. The van der Waals surface area contributed by atoms with Crippen molar-refractivity contribution < 1.29 is 14.3 Å². The van der Waals surface area contributed by atoms with E-state index < -0.39 is 5.91 Å². The quantitative estimate of drug-likeness (QED) is 0.822. The monoisotopic (exact) mass is 248 g/mol. The molecule has 1 fully saturated rings. The van der Waals surface area contributed by atoms with Crippen LogP contribution in [0, 0.1) is 0 Å². The lowest BCUT2D eigenvalue weighted by atomic mass is 10.1. The van der Waals surface area contributed by atoms with Crippen LogP contribution < -0.4 is 11.1 Å². The van der Waals surface area contributed by atoms with Crippen LogP contribution >= 0.6 is 0 Å². The molecule has 1 aromatic carbocycles. The number of ether oxygens (including phenoxy) is 1. The van der Waals surface area contributed by atoms with Crippen LogP contribution in [0.4, 0.5) is 0 Å². The molecule has 1 aliphatic rings. The number of amides is 2. The summed E-state index contributed by atoms with van der Waals surface area (Å²) in [5, 5.41) is 2.81. The number of rotatable bonds is 4. The molecule has 0 bridgehead atoms. The van der Waals surface area contributed by atoms with Gasteiger partial charge in [-0.05, 0) is 37.1 Å². The molecule has 1 atom stereocenters. The lowest BCUT2D eigenvalue weighted by Crippen LogP contribution is -2.31. The van der Waals surface area contributed by atoms with E-state index in [0.717, 1.165) is 19.4 Å². The van der Waals surface area contributed by atoms with Crippen molar-refractivity contribution in [3.8, 4) is 0 Å². The summed E-state index contributed by atoms with van der Waals surface area (Å²) in [5.41, 5.74) is 6.03. The fraction of sp³-hybridized carbons (Fsp3) is 0.385. The van der Waals surface area contributed by atoms with Crippen LogP contribution in [0.25, 0.3) is 0 Å². The van der Waals surface area contributed by atoms with Crippen LogP contribution in [0.3, 0.4) is 0 Å². The minimum atomic E-state index is -0.499. The number of nitrogens with two attached hydrogens (primary N) is 1. The molecule has 2 rings (SSSR count). The standard InChI is InChI=1S/C13H16N2O3/c14-12(16)9-3-5-10(6-4-9)13(17)15-8-11-2-1-7-18-11/h3-6,11H,1-2,7-8H2,(H2,14,16)(H,15,17)/t11-/m1/s1. The van der Waals surface area contributed by atoms with Crippen LogP contribution in [0.1, 0.15) is 33.6 Å². The van der Waals surface area contributed by atoms with Gasteiger partial charge in [0.1, 0.15) is 0 Å². The Balaban J connectivity index is 1.89. The van der Waals surface area contributed by atoms with Gasteiger partial charge in [0.05, 0.1) is 6.10 Å². The summed E-state index contributed by atoms with van der Waals surface area (Å²) < 4.78 is 5.41. The maximum Gasteiger partial charge on any atom is 0.251 e. The van der Waals surface area contributed by atoms with Crippen molar-refractivity contribution in [1.82, 2.24) is 5.32 Å². The Hall–Kier alpha value is -1.88. The predicted octanol–water partition coefficient (Wildman–Crippen LogP) is 0.694. The highest BCUT2D eigenvalue weighted by Gasteiger charge is 2.16. The number of hydrogen-bond donors (Lipinski definition) is 2. The van der Waals surface area contributed by atoms with Crippen molar-refractivity contribution >= 4 is 11.8 Å². The smallest absolute Gasteiger partial charge is 0.251 e. The van der Waals surface area contributed by atoms with Crippen LogP contribution in [-0.2, 0) is 4.74 Å². The Morgan fingerprint density at radius 3 is 2.50 bits per heavy atom. The number of carbonyl (C=O) groups excluding carboxylic acids is 2. The lowest BCUT2D eigenvalue weighted by Gasteiger charge is -2.10. The zero-order chi connectivity index (χ0) is 13.0. The first-order valence-electron chi connectivity index (χ1n) is 5.96. The van der Waals surface area contributed by atoms with Gasteiger partial charge in [0.25, 0.3) is 5.91 Å². The van der Waals surface area contributed by atoms with E-state index >= 15 is 0 Å². The second kappa shape index (κ2) is 5.64. The van der Waals surface area contributed by atoms with Crippen molar-refractivity contribution in [2.75, 3.05) is 13.2 Å². The molecule has 5 nitrogen and oxygen atoms in total. The first-order chi connectivity index (χ1) is 8.66. The fourth-order valence-electron chi connectivity index (χ4n) is 1.90. The second-order valence-corrected chi connectivity index (χ2v) is 4.29.